The summed E-state index contributed by atoms with van der Waals surface area (Å²) in [5.74, 6) is -1.00. The first kappa shape index (κ1) is 19.1. The largest absolute Gasteiger partial charge is 0.366 e. The van der Waals surface area contributed by atoms with E-state index in [-0.39, 0.29) is 39.0 Å². The number of aliphatic hydroxyl groups is 2. The van der Waals surface area contributed by atoms with Gasteiger partial charge in [-0.05, 0) is 24.4 Å². The van der Waals surface area contributed by atoms with Gasteiger partial charge in [-0.3, -0.25) is 14.5 Å². The van der Waals surface area contributed by atoms with Crippen LogP contribution in [0.15, 0.2) is 36.4 Å². The van der Waals surface area contributed by atoms with Gasteiger partial charge >= 0.3 is 0 Å². The Balaban J connectivity index is 0.00000121. The van der Waals surface area contributed by atoms with Crippen molar-refractivity contribution >= 4 is 22.6 Å². The molecule has 1 heterocycles. The van der Waals surface area contributed by atoms with Crippen molar-refractivity contribution in [3.63, 3.8) is 0 Å². The number of amides is 2. The van der Waals surface area contributed by atoms with E-state index < -0.39 is 24.1 Å². The molecule has 2 amide bonds. The summed E-state index contributed by atoms with van der Waals surface area (Å²) in [6.45, 7) is 1.43. The van der Waals surface area contributed by atoms with Crippen molar-refractivity contribution < 1.29 is 58.8 Å². The zero-order valence-corrected chi connectivity index (χ0v) is 14.7. The van der Waals surface area contributed by atoms with Gasteiger partial charge in [0.15, 0.2) is 6.29 Å². The second-order valence-electron chi connectivity index (χ2n) is 4.84. The minimum Gasteiger partial charge on any atom is -0.366 e. The Kier molecular flexibility index (Phi) is 6.11. The van der Waals surface area contributed by atoms with E-state index in [0.717, 1.165) is 10.3 Å². The van der Waals surface area contributed by atoms with E-state index in [1.165, 1.54) is 6.92 Å². The van der Waals surface area contributed by atoms with Crippen LogP contribution in [0.2, 0.25) is 0 Å². The molecule has 2 N–H and O–H groups in total. The Morgan fingerprint density at radius 3 is 1.77 bits per heavy atom. The summed E-state index contributed by atoms with van der Waals surface area (Å²) < 4.78 is 0. The summed E-state index contributed by atoms with van der Waals surface area (Å²) in [5, 5.41) is 20.0. The molecule has 0 bridgehead atoms. The molecule has 22 heavy (non-hydrogen) atoms. The summed E-state index contributed by atoms with van der Waals surface area (Å²) in [6, 6.07) is 9.44. The first-order valence-electron chi connectivity index (χ1n) is 6.28. The molecule has 2 aromatic rings. The first-order valence-corrected chi connectivity index (χ1v) is 6.28. The molecule has 1 aliphatic rings. The van der Waals surface area contributed by atoms with Crippen LogP contribution in [0.3, 0.4) is 0 Å². The van der Waals surface area contributed by atoms with Crippen LogP contribution in [0.25, 0.3) is 10.8 Å². The summed E-state index contributed by atoms with van der Waals surface area (Å²) >= 11 is 0. The second-order valence-corrected chi connectivity index (χ2v) is 4.84. The van der Waals surface area contributed by atoms with Crippen molar-refractivity contribution in [1.82, 2.24) is 4.90 Å². The minimum absolute atomic E-state index is 0. The number of hydrogen-bond acceptors (Lipinski definition) is 4. The quantitative estimate of drug-likeness (QED) is 0.387. The Morgan fingerprint density at radius 2 is 1.36 bits per heavy atom. The molecule has 0 aliphatic carbocycles. The molecule has 5 nitrogen and oxygen atoms in total. The Morgan fingerprint density at radius 1 is 0.909 bits per heavy atom. The van der Waals surface area contributed by atoms with Crippen LogP contribution in [0.5, 0.6) is 0 Å². The monoisotopic (exact) mass is 477 g/mol. The number of aliphatic hydroxyl groups excluding tert-OH is 1. The van der Waals surface area contributed by atoms with Crippen LogP contribution in [-0.4, -0.2) is 39.3 Å². The van der Waals surface area contributed by atoms with Crippen molar-refractivity contribution in [2.24, 2.45) is 0 Å². The summed E-state index contributed by atoms with van der Waals surface area (Å²) in [5.41, 5.74) is 0.815. The van der Waals surface area contributed by atoms with E-state index in [2.05, 4.69) is 0 Å². The molecule has 1 aliphatic heterocycles. The molecule has 0 unspecified atom stereocenters. The number of imide groups is 1. The van der Waals surface area contributed by atoms with Gasteiger partial charge in [0.2, 0.25) is 0 Å². The van der Waals surface area contributed by atoms with E-state index >= 15 is 0 Å². The maximum Gasteiger partial charge on any atom is 0.261 e. The molecular weight excluding hydrogens is 464 g/mol. The van der Waals surface area contributed by atoms with Crippen molar-refractivity contribution in [3.05, 3.63) is 47.5 Å². The van der Waals surface area contributed by atoms with Crippen LogP contribution in [0.1, 0.15) is 27.6 Å². The van der Waals surface area contributed by atoms with Gasteiger partial charge in [0.1, 0.15) is 0 Å². The fourth-order valence-corrected chi connectivity index (χ4v) is 2.55. The maximum absolute atomic E-state index is 12.4. The summed E-state index contributed by atoms with van der Waals surface area (Å²) in [6.07, 6.45) is -1.77. The molecule has 1 atom stereocenters. The third kappa shape index (κ3) is 2.79. The Hall–Kier alpha value is -0.993. The number of carbonyl (C=O) groups is 2. The number of rotatable bonds is 2. The molecule has 2 aromatic carbocycles. The number of nitrogens with zero attached hydrogens (tertiary/aromatic N) is 1. The van der Waals surface area contributed by atoms with E-state index in [1.54, 1.807) is 24.3 Å². The van der Waals surface area contributed by atoms with E-state index in [4.69, 9.17) is 0 Å². The first-order chi connectivity index (χ1) is 9.52. The molecule has 2 radical (unpaired) electrons. The Labute approximate surface area is 152 Å². The average Bonchev–Trinajstić information content (AvgIpc) is 2.44. The topological polar surface area (TPSA) is 77.8 Å². The van der Waals surface area contributed by atoms with Crippen LogP contribution in [-0.2, 0) is 39.0 Å². The van der Waals surface area contributed by atoms with Gasteiger partial charge in [0.25, 0.3) is 11.8 Å². The average molecular weight is 477 g/mol. The van der Waals surface area contributed by atoms with Gasteiger partial charge in [-0.2, -0.15) is 0 Å². The van der Waals surface area contributed by atoms with Crippen LogP contribution < -0.4 is 0 Å². The molecule has 7 heteroatoms. The van der Waals surface area contributed by atoms with Gasteiger partial charge in [0, 0.05) is 55.5 Å². The summed E-state index contributed by atoms with van der Waals surface area (Å²) in [7, 11) is 0. The van der Waals surface area contributed by atoms with Gasteiger partial charge in [-0.1, -0.05) is 24.3 Å². The molecular formula is C15H13NO4Rh2. The van der Waals surface area contributed by atoms with E-state index in [9.17, 15) is 19.8 Å². The van der Waals surface area contributed by atoms with Gasteiger partial charge in [0.05, 0.1) is 6.04 Å². The van der Waals surface area contributed by atoms with Crippen molar-refractivity contribution in [2.75, 3.05) is 0 Å². The predicted molar refractivity (Wildman–Crippen MR) is 72.1 cm³/mol. The van der Waals surface area contributed by atoms with Gasteiger partial charge < -0.3 is 10.2 Å². The third-order valence-corrected chi connectivity index (χ3v) is 3.64. The zero-order chi connectivity index (χ0) is 14.4. The smallest absolute Gasteiger partial charge is 0.261 e. The molecule has 0 saturated heterocycles. The molecule has 0 spiro atoms. The van der Waals surface area contributed by atoms with E-state index in [1.807, 2.05) is 12.1 Å². The third-order valence-electron chi connectivity index (χ3n) is 3.64. The van der Waals surface area contributed by atoms with Crippen molar-refractivity contribution in [3.8, 4) is 0 Å². The normalized spacial score (nSPS) is 14.6. The fourth-order valence-electron chi connectivity index (χ4n) is 2.55. The van der Waals surface area contributed by atoms with Gasteiger partial charge in [-0.15, -0.1) is 0 Å². The predicted octanol–water partition coefficient (Wildman–Crippen LogP) is 1.13. The second kappa shape index (κ2) is 7.06. The van der Waals surface area contributed by atoms with E-state index in [0.29, 0.717) is 16.5 Å². The zero-order valence-electron chi connectivity index (χ0n) is 11.4. The van der Waals surface area contributed by atoms with Crippen LogP contribution in [0, 0.1) is 0 Å². The molecule has 0 fully saturated rings. The van der Waals surface area contributed by atoms with Crippen LogP contribution in [0.4, 0.5) is 0 Å². The molecule has 0 aromatic heterocycles. The molecule has 120 valence electrons. The fraction of sp³-hybridized carbons (Fsp3) is 0.200. The number of hydrogen-bond donors (Lipinski definition) is 2. The standard InChI is InChI=1S/C15H13NO4.2Rh/c1-8(15(19)20)16-13(17)10-6-2-4-9-5-3-7-11(12(9)10)14(16)18;;/h2-8,15,19-20H,1H3;;/t8-;;/m0../s1. The summed E-state index contributed by atoms with van der Waals surface area (Å²) in [4.78, 5) is 25.8. The Bertz CT molecular complexity index is 682. The number of benzene rings is 2. The molecule has 0 saturated carbocycles. The van der Waals surface area contributed by atoms with Gasteiger partial charge in [-0.25, -0.2) is 0 Å². The minimum atomic E-state index is -1.77. The van der Waals surface area contributed by atoms with Crippen molar-refractivity contribution in [1.29, 1.82) is 0 Å². The molecule has 3 rings (SSSR count). The van der Waals surface area contributed by atoms with Crippen molar-refractivity contribution in [2.45, 2.75) is 19.3 Å². The SMILES string of the molecule is C[C@@H](C(O)O)N1C(=O)c2cccc3cccc(c23)C1=O.[Rh].[Rh]. The van der Waals surface area contributed by atoms with Crippen LogP contribution >= 0.6 is 0 Å². The maximum atomic E-state index is 12.4. The number of carbonyl (C=O) groups excluding carboxylic acids is 2.